The molecule has 2 aromatic heterocycles. The molecule has 0 saturated heterocycles. The Balaban J connectivity index is 2.00. The molecule has 0 aromatic carbocycles. The van der Waals surface area contributed by atoms with Gasteiger partial charge in [-0.1, -0.05) is 18.3 Å². The highest BCUT2D eigenvalue weighted by atomic mass is 32.1. The number of aliphatic hydroxyl groups is 1. The fourth-order valence-electron chi connectivity index (χ4n) is 1.65. The molecule has 2 amide bonds. The van der Waals surface area contributed by atoms with E-state index >= 15 is 0 Å². The summed E-state index contributed by atoms with van der Waals surface area (Å²) in [7, 11) is 0. The molecule has 0 aliphatic carbocycles. The van der Waals surface area contributed by atoms with Crippen LogP contribution >= 0.6 is 22.7 Å². The van der Waals surface area contributed by atoms with Gasteiger partial charge in [-0.05, 0) is 17.9 Å². The summed E-state index contributed by atoms with van der Waals surface area (Å²) in [6.07, 6.45) is 0.837. The van der Waals surface area contributed by atoms with Crippen LogP contribution < -0.4 is 5.32 Å². The van der Waals surface area contributed by atoms with Gasteiger partial charge in [0.15, 0.2) is 0 Å². The molecule has 0 spiro atoms. The Bertz CT molecular complexity index is 535. The Kier molecular flexibility index (Phi) is 5.45. The van der Waals surface area contributed by atoms with Gasteiger partial charge in [-0.15, -0.1) is 10.2 Å². The van der Waals surface area contributed by atoms with Crippen molar-refractivity contribution >= 4 is 33.8 Å². The zero-order valence-electron chi connectivity index (χ0n) is 11.1. The Morgan fingerprint density at radius 3 is 2.95 bits per heavy atom. The number of carbonyl (C=O) groups excluding carboxylic acids is 1. The van der Waals surface area contributed by atoms with Gasteiger partial charge < -0.3 is 10.0 Å². The Morgan fingerprint density at radius 1 is 1.45 bits per heavy atom. The summed E-state index contributed by atoms with van der Waals surface area (Å²) < 4.78 is 0. The number of thiophene rings is 1. The van der Waals surface area contributed by atoms with E-state index in [1.807, 2.05) is 23.8 Å². The molecule has 2 heterocycles. The molecule has 0 aliphatic heterocycles. The molecule has 2 aromatic rings. The molecule has 0 unspecified atom stereocenters. The minimum atomic E-state index is -0.256. The van der Waals surface area contributed by atoms with Crippen molar-refractivity contribution in [3.05, 3.63) is 16.8 Å². The molecule has 0 radical (unpaired) electrons. The summed E-state index contributed by atoms with van der Waals surface area (Å²) in [5.74, 6) is 0. The quantitative estimate of drug-likeness (QED) is 0.859. The van der Waals surface area contributed by atoms with Crippen molar-refractivity contribution in [3.8, 4) is 10.6 Å². The lowest BCUT2D eigenvalue weighted by Gasteiger charge is -2.20. The summed E-state index contributed by atoms with van der Waals surface area (Å²) in [5.41, 5.74) is 1.01. The van der Waals surface area contributed by atoms with E-state index in [0.717, 1.165) is 17.0 Å². The highest BCUT2D eigenvalue weighted by Crippen LogP contribution is 2.27. The maximum absolute atomic E-state index is 12.0. The van der Waals surface area contributed by atoms with Crippen molar-refractivity contribution in [2.24, 2.45) is 0 Å². The van der Waals surface area contributed by atoms with E-state index in [2.05, 4.69) is 15.5 Å². The van der Waals surface area contributed by atoms with Gasteiger partial charge in [-0.3, -0.25) is 5.32 Å². The van der Waals surface area contributed by atoms with Crippen LogP contribution in [0.5, 0.6) is 0 Å². The van der Waals surface area contributed by atoms with Crippen LogP contribution in [0.2, 0.25) is 0 Å². The van der Waals surface area contributed by atoms with Crippen molar-refractivity contribution in [3.63, 3.8) is 0 Å². The molecule has 0 bridgehead atoms. The van der Waals surface area contributed by atoms with Crippen LogP contribution in [0.4, 0.5) is 9.93 Å². The van der Waals surface area contributed by atoms with E-state index in [1.54, 1.807) is 16.2 Å². The van der Waals surface area contributed by atoms with Crippen LogP contribution in [0, 0.1) is 0 Å². The van der Waals surface area contributed by atoms with Gasteiger partial charge >= 0.3 is 6.03 Å². The normalized spacial score (nSPS) is 10.5. The summed E-state index contributed by atoms with van der Waals surface area (Å²) in [6.45, 7) is 2.85. The topological polar surface area (TPSA) is 78.4 Å². The minimum absolute atomic E-state index is 0.0519. The van der Waals surface area contributed by atoms with E-state index in [-0.39, 0.29) is 12.6 Å². The standard InChI is InChI=1S/C12H16N4O2S2/c1-2-4-16(5-6-17)12(18)13-11-15-14-10(20-11)9-3-7-19-8-9/h3,7-8,17H,2,4-6H2,1H3,(H,13,15,18). The van der Waals surface area contributed by atoms with Crippen LogP contribution in [0.1, 0.15) is 13.3 Å². The summed E-state index contributed by atoms with van der Waals surface area (Å²) in [4.78, 5) is 13.6. The molecular formula is C12H16N4O2S2. The Labute approximate surface area is 125 Å². The number of hydrogen-bond donors (Lipinski definition) is 2. The van der Waals surface area contributed by atoms with Gasteiger partial charge in [-0.2, -0.15) is 11.3 Å². The third-order valence-corrected chi connectivity index (χ3v) is 4.13. The van der Waals surface area contributed by atoms with Gasteiger partial charge in [-0.25, -0.2) is 4.79 Å². The van der Waals surface area contributed by atoms with Crippen LogP contribution in [-0.4, -0.2) is 45.9 Å². The number of hydrogen-bond acceptors (Lipinski definition) is 6. The van der Waals surface area contributed by atoms with Crippen LogP contribution in [0.3, 0.4) is 0 Å². The van der Waals surface area contributed by atoms with Gasteiger partial charge in [0, 0.05) is 24.0 Å². The lowest BCUT2D eigenvalue weighted by molar-refractivity contribution is 0.188. The molecule has 108 valence electrons. The van der Waals surface area contributed by atoms with Crippen LogP contribution in [0.25, 0.3) is 10.6 Å². The van der Waals surface area contributed by atoms with Crippen LogP contribution in [0.15, 0.2) is 16.8 Å². The lowest BCUT2D eigenvalue weighted by atomic mass is 10.4. The Hall–Kier alpha value is -1.51. The number of nitrogens with zero attached hydrogens (tertiary/aromatic N) is 3. The van der Waals surface area contributed by atoms with Gasteiger partial charge in [0.2, 0.25) is 5.13 Å². The summed E-state index contributed by atoms with van der Waals surface area (Å²) in [5, 5.41) is 24.9. The number of rotatable bonds is 6. The molecule has 0 aliphatic rings. The maximum atomic E-state index is 12.0. The second-order valence-electron chi connectivity index (χ2n) is 4.07. The molecule has 0 saturated carbocycles. The number of aliphatic hydroxyl groups excluding tert-OH is 1. The predicted molar refractivity (Wildman–Crippen MR) is 81.2 cm³/mol. The fraction of sp³-hybridized carbons (Fsp3) is 0.417. The van der Waals surface area contributed by atoms with E-state index < -0.39 is 0 Å². The highest BCUT2D eigenvalue weighted by molar-refractivity contribution is 7.19. The smallest absolute Gasteiger partial charge is 0.323 e. The average molecular weight is 312 g/mol. The second kappa shape index (κ2) is 7.32. The molecule has 0 fully saturated rings. The number of nitrogens with one attached hydrogen (secondary N) is 1. The third kappa shape index (κ3) is 3.75. The van der Waals surface area contributed by atoms with Crippen molar-refractivity contribution in [2.45, 2.75) is 13.3 Å². The van der Waals surface area contributed by atoms with Crippen molar-refractivity contribution in [1.82, 2.24) is 15.1 Å². The monoisotopic (exact) mass is 312 g/mol. The molecule has 8 heteroatoms. The lowest BCUT2D eigenvalue weighted by Crippen LogP contribution is -2.37. The van der Waals surface area contributed by atoms with Gasteiger partial charge in [0.05, 0.1) is 6.61 Å². The predicted octanol–water partition coefficient (Wildman–Crippen LogP) is 2.50. The summed E-state index contributed by atoms with van der Waals surface area (Å²) >= 11 is 2.93. The van der Waals surface area contributed by atoms with E-state index in [9.17, 15) is 4.79 Å². The van der Waals surface area contributed by atoms with Crippen molar-refractivity contribution in [1.29, 1.82) is 0 Å². The number of amides is 2. The maximum Gasteiger partial charge on any atom is 0.323 e. The zero-order valence-corrected chi connectivity index (χ0v) is 12.7. The van der Waals surface area contributed by atoms with E-state index in [0.29, 0.717) is 18.2 Å². The molecule has 2 N–H and O–H groups in total. The van der Waals surface area contributed by atoms with E-state index in [4.69, 9.17) is 5.11 Å². The number of urea groups is 1. The highest BCUT2D eigenvalue weighted by Gasteiger charge is 2.15. The van der Waals surface area contributed by atoms with E-state index in [1.165, 1.54) is 11.3 Å². The molecule has 2 rings (SSSR count). The first kappa shape index (κ1) is 14.9. The molecular weight excluding hydrogens is 296 g/mol. The third-order valence-electron chi connectivity index (χ3n) is 2.56. The number of anilines is 1. The fourth-order valence-corrected chi connectivity index (χ4v) is 3.10. The first-order valence-electron chi connectivity index (χ1n) is 6.27. The SMILES string of the molecule is CCCN(CCO)C(=O)Nc1nnc(-c2ccsc2)s1. The number of aromatic nitrogens is 2. The van der Waals surface area contributed by atoms with Crippen molar-refractivity contribution < 1.29 is 9.90 Å². The van der Waals surface area contributed by atoms with Gasteiger partial charge in [0.1, 0.15) is 5.01 Å². The van der Waals surface area contributed by atoms with Gasteiger partial charge in [0.25, 0.3) is 0 Å². The largest absolute Gasteiger partial charge is 0.395 e. The molecule has 0 atom stereocenters. The number of carbonyl (C=O) groups is 1. The Morgan fingerprint density at radius 2 is 2.30 bits per heavy atom. The first-order valence-corrected chi connectivity index (χ1v) is 8.03. The molecule has 6 nitrogen and oxygen atoms in total. The van der Waals surface area contributed by atoms with Crippen molar-refractivity contribution in [2.75, 3.05) is 25.0 Å². The van der Waals surface area contributed by atoms with Crippen LogP contribution in [-0.2, 0) is 0 Å². The zero-order chi connectivity index (χ0) is 14.4. The second-order valence-corrected chi connectivity index (χ2v) is 5.82. The summed E-state index contributed by atoms with van der Waals surface area (Å²) in [6, 6.07) is 1.71. The average Bonchev–Trinajstić information content (AvgIpc) is 3.08. The minimum Gasteiger partial charge on any atom is -0.395 e. The first-order chi connectivity index (χ1) is 9.74. The molecule has 20 heavy (non-hydrogen) atoms.